The average Bonchev–Trinajstić information content (AvgIpc) is 3.31. The van der Waals surface area contributed by atoms with Crippen molar-refractivity contribution in [3.63, 3.8) is 0 Å². The normalized spacial score (nSPS) is 14.6. The van der Waals surface area contributed by atoms with Gasteiger partial charge in [0.2, 0.25) is 21.7 Å². The van der Waals surface area contributed by atoms with Gasteiger partial charge in [-0.2, -0.15) is 0 Å². The van der Waals surface area contributed by atoms with E-state index < -0.39 is 76.6 Å². The van der Waals surface area contributed by atoms with Crippen LogP contribution in [0.1, 0.15) is 56.6 Å². The molecule has 1 aliphatic rings. The summed E-state index contributed by atoms with van der Waals surface area (Å²) in [5, 5.41) is 27.6. The minimum atomic E-state index is -3.80. The Morgan fingerprint density at radius 3 is 2.00 bits per heavy atom. The van der Waals surface area contributed by atoms with Crippen LogP contribution in [0.15, 0.2) is 48.5 Å². The van der Waals surface area contributed by atoms with Crippen LogP contribution in [0.3, 0.4) is 0 Å². The van der Waals surface area contributed by atoms with E-state index in [1.807, 2.05) is 53.8 Å². The minimum Gasteiger partial charge on any atom is -0.481 e. The smallest absolute Gasteiger partial charge is 0.407 e. The van der Waals surface area contributed by atoms with Gasteiger partial charge in [0.15, 0.2) is 0 Å². The van der Waals surface area contributed by atoms with E-state index in [-0.39, 0.29) is 18.9 Å². The fourth-order valence-corrected chi connectivity index (χ4v) is 5.38. The monoisotopic (exact) mass is 655 g/mol. The van der Waals surface area contributed by atoms with Gasteiger partial charge in [0.25, 0.3) is 0 Å². The van der Waals surface area contributed by atoms with E-state index in [1.54, 1.807) is 13.8 Å². The van der Waals surface area contributed by atoms with Crippen LogP contribution in [0.25, 0.3) is 11.1 Å². The molecule has 0 radical (unpaired) electrons. The highest BCUT2D eigenvalue weighted by atomic mass is 32.2. The van der Waals surface area contributed by atoms with E-state index in [1.165, 1.54) is 0 Å². The molecule has 2 aromatic rings. The van der Waals surface area contributed by atoms with Crippen molar-refractivity contribution in [1.82, 2.24) is 16.0 Å². The van der Waals surface area contributed by atoms with E-state index in [0.717, 1.165) is 28.5 Å². The number of hydrogen-bond acceptors (Lipinski definition) is 8. The van der Waals surface area contributed by atoms with Gasteiger partial charge in [-0.3, -0.25) is 19.2 Å². The van der Waals surface area contributed by atoms with E-state index in [4.69, 9.17) is 4.74 Å². The first-order valence-electron chi connectivity index (χ1n) is 14.6. The number of benzene rings is 2. The number of rotatable bonds is 14. The predicted molar refractivity (Wildman–Crippen MR) is 167 cm³/mol. The molecule has 0 fully saturated rings. The summed E-state index contributed by atoms with van der Waals surface area (Å²) in [5.41, 5.74) is 3.99. The Morgan fingerprint density at radius 1 is 0.891 bits per heavy atom. The highest BCUT2D eigenvalue weighted by molar-refractivity contribution is 7.95. The molecule has 2 aromatic carbocycles. The maximum Gasteiger partial charge on any atom is 0.407 e. The standard InChI is InChI=1S/C32H37N3O10S/c1-4-19(2)29(31(41)33-20(17-28(38)39)15-16-46(3,43)44)35-30(40)26(13-14-27(36)37)34-32(42)45-18-25-23-11-7-5-9-21(23)22-10-6-8-12-24(22)25/h5-12,19-20,25-26,29H,4,13-14,17-18H2,1-3H3,(H,33,41)(H,34,42)(H,35,40)(H,36,37)(H,38,39)/t19?,20-,26+,29+/m1/s1. The zero-order valence-corrected chi connectivity index (χ0v) is 26.4. The molecular formula is C32H37N3O10S. The number of sulfone groups is 1. The molecule has 0 aromatic heterocycles. The second-order valence-electron chi connectivity index (χ2n) is 11.0. The zero-order chi connectivity index (χ0) is 34.0. The number of aliphatic carboxylic acids is 2. The fraction of sp³-hybridized carbons (Fsp3) is 0.406. The Labute approximate surface area is 267 Å². The molecule has 0 saturated carbocycles. The molecule has 1 unspecified atom stereocenters. The maximum absolute atomic E-state index is 13.4. The van der Waals surface area contributed by atoms with Crippen molar-refractivity contribution < 1.29 is 47.3 Å². The lowest BCUT2D eigenvalue weighted by molar-refractivity contribution is -0.139. The van der Waals surface area contributed by atoms with Gasteiger partial charge in [-0.05, 0) is 34.6 Å². The van der Waals surface area contributed by atoms with Crippen LogP contribution in [0, 0.1) is 17.1 Å². The number of amides is 3. The first-order chi connectivity index (χ1) is 21.7. The highest BCUT2D eigenvalue weighted by Gasteiger charge is 2.33. The summed E-state index contributed by atoms with van der Waals surface area (Å²) in [4.78, 5) is 62.1. The van der Waals surface area contributed by atoms with Crippen molar-refractivity contribution >= 4 is 39.7 Å². The fourth-order valence-electron chi connectivity index (χ4n) is 5.03. The van der Waals surface area contributed by atoms with Crippen molar-refractivity contribution in [3.8, 4) is 22.3 Å². The van der Waals surface area contributed by atoms with Gasteiger partial charge < -0.3 is 30.9 Å². The Morgan fingerprint density at radius 2 is 1.48 bits per heavy atom. The van der Waals surface area contributed by atoms with Crippen LogP contribution < -0.4 is 16.0 Å². The highest BCUT2D eigenvalue weighted by Crippen LogP contribution is 2.44. The molecule has 1 aliphatic carbocycles. The largest absolute Gasteiger partial charge is 0.481 e. The maximum atomic E-state index is 13.4. The lowest BCUT2D eigenvalue weighted by Gasteiger charge is -2.27. The molecule has 0 spiro atoms. The summed E-state index contributed by atoms with van der Waals surface area (Å²) < 4.78 is 28.4. The number of carbonyl (C=O) groups excluding carboxylic acids is 3. The molecule has 3 rings (SSSR count). The molecule has 13 nitrogen and oxygen atoms in total. The van der Waals surface area contributed by atoms with Crippen LogP contribution in [0.4, 0.5) is 4.79 Å². The summed E-state index contributed by atoms with van der Waals surface area (Å²) in [5.74, 6) is -2.82. The Kier molecular flexibility index (Phi) is 12.3. The summed E-state index contributed by atoms with van der Waals surface area (Å²) in [6, 6.07) is 11.4. The number of carboxylic acid groups (broad SMARTS) is 2. The quantitative estimate of drug-likeness (QED) is 0.148. The van der Waals surface area contributed by atoms with Gasteiger partial charge in [0, 0.05) is 17.6 Å². The lowest BCUT2D eigenvalue weighted by Crippen LogP contribution is -2.57. The molecule has 0 saturated heterocycles. The Bertz CT molecular complexity index is 1600. The van der Waals surface area contributed by atoms with Crippen molar-refractivity contribution in [2.45, 2.75) is 63.6 Å². The van der Waals surface area contributed by atoms with Crippen molar-refractivity contribution in [3.05, 3.63) is 59.7 Å². The van der Waals surface area contributed by atoms with Crippen molar-refractivity contribution in [1.29, 1.82) is 0 Å². The van der Waals surface area contributed by atoms with Crippen LogP contribution in [0.5, 0.6) is 0 Å². The molecule has 14 heteroatoms. The van der Waals surface area contributed by atoms with Gasteiger partial charge in [-0.25, -0.2) is 13.2 Å². The number of carbonyl (C=O) groups is 5. The second-order valence-corrected chi connectivity index (χ2v) is 12.8. The third-order valence-electron chi connectivity index (χ3n) is 7.51. The van der Waals surface area contributed by atoms with E-state index in [2.05, 4.69) is 21.9 Å². The third kappa shape index (κ3) is 10.1. The summed E-state index contributed by atoms with van der Waals surface area (Å²) in [7, 11) is -3.80. The molecule has 46 heavy (non-hydrogen) atoms. The number of hydrogen-bond donors (Lipinski definition) is 5. The molecule has 246 valence electrons. The van der Waals surface area contributed by atoms with Crippen LogP contribution in [0.2, 0.25) is 0 Å². The van der Waals surface area contributed by atoms with Gasteiger partial charge in [-0.1, -0.05) is 74.7 Å². The molecular weight excluding hydrogens is 618 g/mol. The predicted octanol–water partition coefficient (Wildman–Crippen LogP) is 2.25. The van der Waals surface area contributed by atoms with Crippen molar-refractivity contribution in [2.24, 2.45) is 5.92 Å². The summed E-state index contributed by atoms with van der Waals surface area (Å²) >= 11 is 0. The van der Waals surface area contributed by atoms with Crippen LogP contribution in [-0.2, 0) is 33.8 Å². The second kappa shape index (κ2) is 15.9. The van der Waals surface area contributed by atoms with Gasteiger partial charge in [0.1, 0.15) is 24.7 Å². The zero-order valence-electron chi connectivity index (χ0n) is 25.6. The molecule has 3 amide bonds. The summed E-state index contributed by atoms with van der Waals surface area (Å²) in [6.07, 6.45) is -1.26. The number of alkyl carbamates (subject to hydrolysis) is 1. The number of ether oxygens (including phenoxy) is 1. The average molecular weight is 656 g/mol. The van der Waals surface area contributed by atoms with Crippen LogP contribution >= 0.6 is 0 Å². The third-order valence-corrected chi connectivity index (χ3v) is 7.99. The van der Waals surface area contributed by atoms with Gasteiger partial charge >= 0.3 is 18.0 Å². The van der Waals surface area contributed by atoms with E-state index in [0.29, 0.717) is 6.42 Å². The number of nitrogens with one attached hydrogen (secondary N) is 3. The van der Waals surface area contributed by atoms with E-state index in [9.17, 15) is 42.6 Å². The molecule has 0 heterocycles. The Hall–Kier alpha value is -4.90. The number of carboxylic acids is 2. The lowest BCUT2D eigenvalue weighted by atomic mass is 9.97. The first-order valence-corrected chi connectivity index (χ1v) is 16.5. The summed E-state index contributed by atoms with van der Waals surface area (Å²) in [6.45, 7) is 3.33. The van der Waals surface area contributed by atoms with E-state index >= 15 is 0 Å². The minimum absolute atomic E-state index is 0.0511. The van der Waals surface area contributed by atoms with Crippen LogP contribution in [-0.4, -0.2) is 79.5 Å². The molecule has 0 aliphatic heterocycles. The topological polar surface area (TPSA) is 205 Å². The SMILES string of the molecule is CCC(C)[C@H](NC(=O)[C@H](CCC(=O)O)NC(=O)OCC1c2ccccc2-c2ccccc21)C(=O)N[C@H](C#CS(C)(=O)=O)CC(=O)O. The van der Waals surface area contributed by atoms with Gasteiger partial charge in [-0.15, -0.1) is 0 Å². The molecule has 0 bridgehead atoms. The first kappa shape index (κ1) is 35.6. The van der Waals surface area contributed by atoms with Crippen molar-refractivity contribution in [2.75, 3.05) is 12.9 Å². The van der Waals surface area contributed by atoms with Gasteiger partial charge in [0.05, 0.1) is 12.7 Å². The molecule has 5 N–H and O–H groups in total. The molecule has 4 atom stereocenters. The number of fused-ring (bicyclic) bond motifs is 3. The Balaban J connectivity index is 1.74.